The average molecular weight is 356 g/mol. The van der Waals surface area contributed by atoms with Crippen molar-refractivity contribution in [2.24, 2.45) is 0 Å². The van der Waals surface area contributed by atoms with Crippen LogP contribution in [0.5, 0.6) is 0 Å². The average Bonchev–Trinajstić information content (AvgIpc) is 2.56. The van der Waals surface area contributed by atoms with Crippen molar-refractivity contribution in [2.75, 3.05) is 4.90 Å². The molecule has 1 aliphatic heterocycles. The highest BCUT2D eigenvalue weighted by atomic mass is 35.5. The number of nitriles is 1. The van der Waals surface area contributed by atoms with Crippen LogP contribution < -0.4 is 10.2 Å². The predicted octanol–water partition coefficient (Wildman–Crippen LogP) is 3.95. The Morgan fingerprint density at radius 2 is 1.88 bits per heavy atom. The molecule has 1 amide bonds. The molecule has 2 aromatic rings. The number of aryl methyl sites for hydroxylation is 1. The highest BCUT2D eigenvalue weighted by Gasteiger charge is 2.34. The van der Waals surface area contributed by atoms with E-state index in [0.29, 0.717) is 10.1 Å². The zero-order valence-corrected chi connectivity index (χ0v) is 14.5. The first kappa shape index (κ1) is 16.4. The van der Waals surface area contributed by atoms with Gasteiger partial charge in [-0.1, -0.05) is 47.5 Å². The highest BCUT2D eigenvalue weighted by Crippen LogP contribution is 2.37. The van der Waals surface area contributed by atoms with Crippen molar-refractivity contribution in [3.63, 3.8) is 0 Å². The fraction of sp³-hybridized carbons (Fsp3) is 0.111. The Labute approximate surface area is 150 Å². The van der Waals surface area contributed by atoms with Crippen molar-refractivity contribution in [3.05, 3.63) is 75.3 Å². The fourth-order valence-electron chi connectivity index (χ4n) is 2.60. The molecule has 0 fully saturated rings. The van der Waals surface area contributed by atoms with Gasteiger partial charge in [-0.05, 0) is 25.1 Å². The van der Waals surface area contributed by atoms with Gasteiger partial charge in [-0.3, -0.25) is 4.79 Å². The van der Waals surface area contributed by atoms with Crippen molar-refractivity contribution in [2.45, 2.75) is 13.1 Å². The minimum absolute atomic E-state index is 0.0257. The molecule has 1 atom stereocenters. The largest absolute Gasteiger partial charge is 0.327 e. The lowest BCUT2D eigenvalue weighted by Crippen LogP contribution is -2.46. The smallest absolute Gasteiger partial charge is 0.266 e. The molecule has 6 heteroatoms. The number of carbonyl (C=O) groups excluding carboxylic acids is 1. The molecule has 1 heterocycles. The van der Waals surface area contributed by atoms with Crippen LogP contribution in [-0.4, -0.2) is 5.91 Å². The maximum absolute atomic E-state index is 12.3. The Hall–Kier alpha value is -2.42. The van der Waals surface area contributed by atoms with Crippen LogP contribution in [0.3, 0.4) is 0 Å². The van der Waals surface area contributed by atoms with Crippen LogP contribution >= 0.6 is 24.2 Å². The van der Waals surface area contributed by atoms with Crippen LogP contribution in [-0.2, 0) is 4.79 Å². The first-order valence-corrected chi connectivity index (χ1v) is 8.10. The summed E-state index contributed by atoms with van der Waals surface area (Å²) >= 11 is 10.8. The van der Waals surface area contributed by atoms with Gasteiger partial charge in [0.15, 0.2) is 0 Å². The number of rotatable bonds is 2. The summed E-state index contributed by atoms with van der Waals surface area (Å²) in [6, 6.07) is 17.0. The molecule has 0 unspecified atom stereocenters. The van der Waals surface area contributed by atoms with Gasteiger partial charge in [0.25, 0.3) is 5.91 Å². The van der Waals surface area contributed by atoms with E-state index in [-0.39, 0.29) is 5.57 Å². The van der Waals surface area contributed by atoms with Gasteiger partial charge in [0.1, 0.15) is 17.8 Å². The molecular formula is C18H14ClN3OS. The van der Waals surface area contributed by atoms with Crippen LogP contribution in [0.2, 0.25) is 5.02 Å². The number of halogens is 1. The zero-order valence-electron chi connectivity index (χ0n) is 12.8. The predicted molar refractivity (Wildman–Crippen MR) is 97.6 cm³/mol. The standard InChI is InChI=1S/C18H14ClN3OS/c1-11-6-8-12(9-7-11)22-16(13-4-2-3-5-15(13)19)21-17(23)14(10-20)18(22)24/h2-9,16,24H,1H3,(H,21,23)/t16-/m0/s1. The molecule has 4 nitrogen and oxygen atoms in total. The molecule has 1 aliphatic rings. The third-order valence-electron chi connectivity index (χ3n) is 3.83. The first-order valence-electron chi connectivity index (χ1n) is 7.27. The summed E-state index contributed by atoms with van der Waals surface area (Å²) in [5.74, 6) is -0.462. The minimum Gasteiger partial charge on any atom is -0.327 e. The molecule has 0 aliphatic carbocycles. The number of benzene rings is 2. The van der Waals surface area contributed by atoms with Crippen molar-refractivity contribution < 1.29 is 4.79 Å². The van der Waals surface area contributed by atoms with Gasteiger partial charge < -0.3 is 10.2 Å². The van der Waals surface area contributed by atoms with Crippen molar-refractivity contribution in [3.8, 4) is 6.07 Å². The van der Waals surface area contributed by atoms with Gasteiger partial charge in [0.2, 0.25) is 0 Å². The number of hydrogen-bond acceptors (Lipinski definition) is 4. The monoisotopic (exact) mass is 355 g/mol. The third kappa shape index (κ3) is 2.86. The van der Waals surface area contributed by atoms with E-state index in [9.17, 15) is 10.1 Å². The van der Waals surface area contributed by atoms with E-state index < -0.39 is 12.1 Å². The number of hydrogen-bond donors (Lipinski definition) is 2. The summed E-state index contributed by atoms with van der Waals surface area (Å²) in [4.78, 5) is 14.0. The maximum atomic E-state index is 12.3. The molecular weight excluding hydrogens is 342 g/mol. The Bertz CT molecular complexity index is 871. The minimum atomic E-state index is -0.543. The van der Waals surface area contributed by atoms with Crippen LogP contribution in [0.25, 0.3) is 0 Å². The molecule has 24 heavy (non-hydrogen) atoms. The zero-order chi connectivity index (χ0) is 17.3. The first-order chi connectivity index (χ1) is 11.5. The summed E-state index contributed by atoms with van der Waals surface area (Å²) in [6.45, 7) is 1.99. The van der Waals surface area contributed by atoms with Crippen LogP contribution in [0.15, 0.2) is 59.1 Å². The van der Waals surface area contributed by atoms with E-state index in [1.54, 1.807) is 11.0 Å². The number of carbonyl (C=O) groups is 1. The highest BCUT2D eigenvalue weighted by molar-refractivity contribution is 7.84. The normalized spacial score (nSPS) is 17.5. The lowest BCUT2D eigenvalue weighted by Gasteiger charge is -2.38. The third-order valence-corrected chi connectivity index (χ3v) is 4.61. The molecule has 0 spiro atoms. The SMILES string of the molecule is Cc1ccc(N2C(S)=C(C#N)C(=O)N[C@@H]2c2ccccc2Cl)cc1. The van der Waals surface area contributed by atoms with Gasteiger partial charge in [0, 0.05) is 16.3 Å². The Balaban J connectivity index is 2.18. The molecule has 0 saturated heterocycles. The number of thiol groups is 1. The number of nitrogens with zero attached hydrogens (tertiary/aromatic N) is 2. The maximum Gasteiger partial charge on any atom is 0.266 e. The quantitative estimate of drug-likeness (QED) is 0.802. The topological polar surface area (TPSA) is 56.1 Å². The Kier molecular flexibility index (Phi) is 4.52. The van der Waals surface area contributed by atoms with E-state index in [1.165, 1.54) is 0 Å². The molecule has 0 bridgehead atoms. The summed E-state index contributed by atoms with van der Waals surface area (Å²) < 4.78 is 0. The number of anilines is 1. The summed E-state index contributed by atoms with van der Waals surface area (Å²) in [6.07, 6.45) is -0.543. The van der Waals surface area contributed by atoms with Crippen LogP contribution in [0.4, 0.5) is 5.69 Å². The van der Waals surface area contributed by atoms with Crippen molar-refractivity contribution >= 4 is 35.8 Å². The fourth-order valence-corrected chi connectivity index (χ4v) is 3.22. The Morgan fingerprint density at radius 3 is 2.50 bits per heavy atom. The molecule has 0 radical (unpaired) electrons. The Morgan fingerprint density at radius 1 is 1.21 bits per heavy atom. The molecule has 3 rings (SSSR count). The number of nitrogens with one attached hydrogen (secondary N) is 1. The lowest BCUT2D eigenvalue weighted by atomic mass is 10.1. The lowest BCUT2D eigenvalue weighted by molar-refractivity contribution is -0.118. The summed E-state index contributed by atoms with van der Waals surface area (Å²) in [7, 11) is 0. The molecule has 0 aromatic heterocycles. The molecule has 1 N–H and O–H groups in total. The van der Waals surface area contributed by atoms with Gasteiger partial charge in [-0.15, -0.1) is 12.6 Å². The summed E-state index contributed by atoms with van der Waals surface area (Å²) in [5.41, 5.74) is 2.63. The van der Waals surface area contributed by atoms with Gasteiger partial charge in [0.05, 0.1) is 5.03 Å². The second-order valence-electron chi connectivity index (χ2n) is 5.41. The van der Waals surface area contributed by atoms with E-state index in [2.05, 4.69) is 17.9 Å². The molecule has 120 valence electrons. The van der Waals surface area contributed by atoms with Crippen LogP contribution in [0.1, 0.15) is 17.3 Å². The van der Waals surface area contributed by atoms with Crippen molar-refractivity contribution in [1.82, 2.24) is 5.32 Å². The van der Waals surface area contributed by atoms with E-state index in [0.717, 1.165) is 16.8 Å². The van der Waals surface area contributed by atoms with Crippen LogP contribution in [0, 0.1) is 18.3 Å². The summed E-state index contributed by atoms with van der Waals surface area (Å²) in [5, 5.41) is 13.0. The van der Waals surface area contributed by atoms with Gasteiger partial charge in [-0.2, -0.15) is 5.26 Å². The second kappa shape index (κ2) is 6.60. The van der Waals surface area contributed by atoms with Crippen molar-refractivity contribution in [1.29, 1.82) is 5.26 Å². The van der Waals surface area contributed by atoms with Gasteiger partial charge >= 0.3 is 0 Å². The van der Waals surface area contributed by atoms with E-state index in [4.69, 9.17) is 11.6 Å². The molecule has 2 aromatic carbocycles. The van der Waals surface area contributed by atoms with E-state index in [1.807, 2.05) is 55.5 Å². The number of amides is 1. The van der Waals surface area contributed by atoms with Gasteiger partial charge in [-0.25, -0.2) is 0 Å². The molecule has 0 saturated carbocycles. The second-order valence-corrected chi connectivity index (χ2v) is 6.24. The van der Waals surface area contributed by atoms with E-state index >= 15 is 0 Å².